The lowest BCUT2D eigenvalue weighted by molar-refractivity contribution is -0.0551. The highest BCUT2D eigenvalue weighted by Crippen LogP contribution is 2.16. The minimum atomic E-state index is -4.47. The van der Waals surface area contributed by atoms with Crippen LogP contribution in [0, 0.1) is 0 Å². The van der Waals surface area contributed by atoms with Gasteiger partial charge in [-0.15, -0.1) is 0 Å². The Hall–Kier alpha value is -1.23. The molecule has 6 heteroatoms. The van der Waals surface area contributed by atoms with Crippen molar-refractivity contribution in [3.8, 4) is 5.75 Å². The number of rotatable bonds is 2. The van der Waals surface area contributed by atoms with Crippen molar-refractivity contribution in [1.82, 2.24) is 0 Å². The summed E-state index contributed by atoms with van der Waals surface area (Å²) in [5, 5.41) is 3.22. The molecule has 76 valence electrons. The van der Waals surface area contributed by atoms with Gasteiger partial charge in [-0.25, -0.2) is 0 Å². The SMILES string of the molecule is FC(F)(F)C=NOc1ccc(Cl)cc1. The van der Waals surface area contributed by atoms with Crippen molar-refractivity contribution >= 4 is 17.8 Å². The Balaban J connectivity index is 2.54. The van der Waals surface area contributed by atoms with Gasteiger partial charge in [0.15, 0.2) is 5.75 Å². The minimum absolute atomic E-state index is 0.190. The van der Waals surface area contributed by atoms with Crippen LogP contribution >= 0.6 is 11.6 Å². The van der Waals surface area contributed by atoms with E-state index in [-0.39, 0.29) is 12.0 Å². The van der Waals surface area contributed by atoms with E-state index in [9.17, 15) is 13.2 Å². The average molecular weight is 224 g/mol. The van der Waals surface area contributed by atoms with E-state index in [1.54, 1.807) is 0 Å². The van der Waals surface area contributed by atoms with Gasteiger partial charge in [0.25, 0.3) is 0 Å². The number of hydrogen-bond donors (Lipinski definition) is 0. The maximum Gasteiger partial charge on any atom is 0.429 e. The second kappa shape index (κ2) is 4.32. The molecule has 0 aliphatic heterocycles. The molecule has 14 heavy (non-hydrogen) atoms. The Morgan fingerprint density at radius 2 is 1.79 bits per heavy atom. The molecular formula is C8H5ClF3NO. The third kappa shape index (κ3) is 4.13. The summed E-state index contributed by atoms with van der Waals surface area (Å²) in [4.78, 5) is 4.43. The van der Waals surface area contributed by atoms with E-state index >= 15 is 0 Å². The van der Waals surface area contributed by atoms with Gasteiger partial charge in [0.2, 0.25) is 0 Å². The third-order valence-corrected chi connectivity index (χ3v) is 1.42. The number of halogens is 4. The van der Waals surface area contributed by atoms with Gasteiger partial charge in [-0.05, 0) is 24.3 Å². The van der Waals surface area contributed by atoms with Crippen molar-refractivity contribution in [3.05, 3.63) is 29.3 Å². The van der Waals surface area contributed by atoms with Gasteiger partial charge in [-0.2, -0.15) is 13.2 Å². The number of oxime groups is 1. The predicted octanol–water partition coefficient (Wildman–Crippen LogP) is 3.27. The van der Waals surface area contributed by atoms with Crippen LogP contribution in [-0.2, 0) is 0 Å². The van der Waals surface area contributed by atoms with Crippen LogP contribution in [0.3, 0.4) is 0 Å². The highest BCUT2D eigenvalue weighted by molar-refractivity contribution is 6.30. The first kappa shape index (κ1) is 10.8. The Morgan fingerprint density at radius 1 is 1.21 bits per heavy atom. The molecule has 0 bridgehead atoms. The van der Waals surface area contributed by atoms with Crippen LogP contribution in [0.15, 0.2) is 29.4 Å². The summed E-state index contributed by atoms with van der Waals surface area (Å²) in [6.45, 7) is 0. The highest BCUT2D eigenvalue weighted by Gasteiger charge is 2.24. The standard InChI is InChI=1S/C8H5ClF3NO/c9-6-1-3-7(4-2-6)14-13-5-8(10,11)12/h1-5H. The molecule has 0 aliphatic carbocycles. The zero-order chi connectivity index (χ0) is 10.6. The molecule has 0 aromatic heterocycles. The topological polar surface area (TPSA) is 21.6 Å². The molecule has 0 fully saturated rings. The van der Waals surface area contributed by atoms with Crippen LogP contribution in [0.2, 0.25) is 5.02 Å². The maximum atomic E-state index is 11.6. The summed E-state index contributed by atoms with van der Waals surface area (Å²) in [6.07, 6.45) is -4.70. The maximum absolute atomic E-state index is 11.6. The molecule has 0 radical (unpaired) electrons. The van der Waals surface area contributed by atoms with Crippen LogP contribution in [-0.4, -0.2) is 12.4 Å². The second-order valence-electron chi connectivity index (χ2n) is 2.32. The normalized spacial score (nSPS) is 12.0. The monoisotopic (exact) mass is 223 g/mol. The smallest absolute Gasteiger partial charge is 0.357 e. The predicted molar refractivity (Wildman–Crippen MR) is 46.6 cm³/mol. The largest absolute Gasteiger partial charge is 0.429 e. The molecular weight excluding hydrogens is 219 g/mol. The second-order valence-corrected chi connectivity index (χ2v) is 2.76. The first-order chi connectivity index (χ1) is 6.47. The highest BCUT2D eigenvalue weighted by atomic mass is 35.5. The van der Waals surface area contributed by atoms with Crippen molar-refractivity contribution in [3.63, 3.8) is 0 Å². The van der Waals surface area contributed by atoms with Gasteiger partial charge in [0.05, 0.1) is 0 Å². The van der Waals surface area contributed by atoms with E-state index in [2.05, 4.69) is 9.99 Å². The van der Waals surface area contributed by atoms with Gasteiger partial charge in [-0.1, -0.05) is 16.8 Å². The zero-order valence-corrected chi connectivity index (χ0v) is 7.51. The number of hydrogen-bond acceptors (Lipinski definition) is 2. The average Bonchev–Trinajstić information content (AvgIpc) is 2.06. The molecule has 0 heterocycles. The van der Waals surface area contributed by atoms with Crippen LogP contribution in [0.25, 0.3) is 0 Å². The van der Waals surface area contributed by atoms with Crippen molar-refractivity contribution in [1.29, 1.82) is 0 Å². The van der Waals surface area contributed by atoms with Crippen LogP contribution < -0.4 is 4.84 Å². The molecule has 0 aliphatic rings. The molecule has 0 amide bonds. The van der Waals surface area contributed by atoms with E-state index in [0.29, 0.717) is 5.02 Å². The first-order valence-electron chi connectivity index (χ1n) is 3.51. The van der Waals surface area contributed by atoms with E-state index in [0.717, 1.165) is 0 Å². The lowest BCUT2D eigenvalue weighted by Gasteiger charge is -1.99. The third-order valence-electron chi connectivity index (χ3n) is 1.17. The molecule has 2 nitrogen and oxygen atoms in total. The molecule has 1 aromatic rings. The summed E-state index contributed by atoms with van der Waals surface area (Å²) in [7, 11) is 0. The number of benzene rings is 1. The lowest BCUT2D eigenvalue weighted by atomic mass is 10.3. The fourth-order valence-electron chi connectivity index (χ4n) is 0.642. The quantitative estimate of drug-likeness (QED) is 0.557. The summed E-state index contributed by atoms with van der Waals surface area (Å²) >= 11 is 5.54. The molecule has 1 rings (SSSR count). The van der Waals surface area contributed by atoms with Crippen molar-refractivity contribution in [2.24, 2.45) is 5.16 Å². The van der Waals surface area contributed by atoms with Gasteiger partial charge in [0, 0.05) is 5.02 Å². The fraction of sp³-hybridized carbons (Fsp3) is 0.125. The molecule has 1 aromatic carbocycles. The van der Waals surface area contributed by atoms with Crippen molar-refractivity contribution < 1.29 is 18.0 Å². The first-order valence-corrected chi connectivity index (χ1v) is 3.89. The van der Waals surface area contributed by atoms with Gasteiger partial charge in [-0.3, -0.25) is 0 Å². The van der Waals surface area contributed by atoms with E-state index in [1.165, 1.54) is 24.3 Å². The Bertz CT molecular complexity index is 320. The fourth-order valence-corrected chi connectivity index (χ4v) is 0.768. The van der Waals surface area contributed by atoms with Gasteiger partial charge in [0.1, 0.15) is 6.21 Å². The van der Waals surface area contributed by atoms with Gasteiger partial charge < -0.3 is 4.84 Å². The summed E-state index contributed by atoms with van der Waals surface area (Å²) < 4.78 is 34.7. The van der Waals surface area contributed by atoms with E-state index in [1.807, 2.05) is 0 Å². The summed E-state index contributed by atoms with van der Waals surface area (Å²) in [5.41, 5.74) is 0. The molecule has 0 atom stereocenters. The van der Waals surface area contributed by atoms with Crippen LogP contribution in [0.4, 0.5) is 13.2 Å². The molecule has 0 N–H and O–H groups in total. The van der Waals surface area contributed by atoms with Crippen molar-refractivity contribution in [2.75, 3.05) is 0 Å². The Labute approximate surface area is 82.9 Å². The number of alkyl halides is 3. The van der Waals surface area contributed by atoms with E-state index < -0.39 is 6.18 Å². The minimum Gasteiger partial charge on any atom is -0.357 e. The Kier molecular flexibility index (Phi) is 3.35. The van der Waals surface area contributed by atoms with Crippen molar-refractivity contribution in [2.45, 2.75) is 6.18 Å². The molecule has 0 unspecified atom stereocenters. The molecule has 0 saturated carbocycles. The number of nitrogens with zero attached hydrogens (tertiary/aromatic N) is 1. The lowest BCUT2D eigenvalue weighted by Crippen LogP contribution is -2.09. The van der Waals surface area contributed by atoms with E-state index in [4.69, 9.17) is 11.6 Å². The molecule has 0 saturated heterocycles. The van der Waals surface area contributed by atoms with Gasteiger partial charge >= 0.3 is 6.18 Å². The van der Waals surface area contributed by atoms with Crippen LogP contribution in [0.5, 0.6) is 5.75 Å². The molecule has 0 spiro atoms. The summed E-state index contributed by atoms with van der Waals surface area (Å²) in [6, 6.07) is 5.80. The Morgan fingerprint density at radius 3 is 2.29 bits per heavy atom. The summed E-state index contributed by atoms with van der Waals surface area (Å²) in [5.74, 6) is 0.190. The zero-order valence-electron chi connectivity index (χ0n) is 6.75. The van der Waals surface area contributed by atoms with Crippen LogP contribution in [0.1, 0.15) is 0 Å².